The predicted molar refractivity (Wildman–Crippen MR) is 50.5 cm³/mol. The Morgan fingerprint density at radius 1 is 1.54 bits per heavy atom. The van der Waals surface area contributed by atoms with Crippen LogP contribution in [0.25, 0.3) is 11.3 Å². The van der Waals surface area contributed by atoms with Crippen molar-refractivity contribution in [2.45, 2.75) is 13.5 Å². The zero-order valence-corrected chi connectivity index (χ0v) is 7.97. The summed E-state index contributed by atoms with van der Waals surface area (Å²) in [6.07, 6.45) is 1.36. The number of hydrogen-bond acceptors (Lipinski definition) is 4. The fourth-order valence-corrected chi connectivity index (χ4v) is 2.02. The predicted octanol–water partition coefficient (Wildman–Crippen LogP) is 2.20. The van der Waals surface area contributed by atoms with E-state index in [2.05, 4.69) is 4.98 Å². The minimum absolute atomic E-state index is 0.0822. The number of aryl methyl sites for hydroxylation is 1. The summed E-state index contributed by atoms with van der Waals surface area (Å²) in [7, 11) is 0. The van der Waals surface area contributed by atoms with Crippen LogP contribution in [0.3, 0.4) is 0 Å². The summed E-state index contributed by atoms with van der Waals surface area (Å²) >= 11 is 1.61. The molecule has 0 radical (unpaired) electrons. The molecule has 0 saturated carbocycles. The van der Waals surface area contributed by atoms with E-state index in [0.717, 1.165) is 11.1 Å². The van der Waals surface area contributed by atoms with Crippen LogP contribution in [0.4, 0.5) is 0 Å². The number of oxazole rings is 1. The largest absolute Gasteiger partial charge is 0.443 e. The van der Waals surface area contributed by atoms with Gasteiger partial charge in [0, 0.05) is 10.9 Å². The van der Waals surface area contributed by atoms with Crippen LogP contribution >= 0.6 is 11.3 Å². The van der Waals surface area contributed by atoms with Crippen molar-refractivity contribution in [2.75, 3.05) is 0 Å². The molecule has 68 valence electrons. The molecule has 0 aliphatic heterocycles. The van der Waals surface area contributed by atoms with Crippen LogP contribution in [0.1, 0.15) is 11.3 Å². The highest BCUT2D eigenvalue weighted by molar-refractivity contribution is 7.08. The first-order valence-corrected chi connectivity index (χ1v) is 4.83. The van der Waals surface area contributed by atoms with Crippen LogP contribution in [0.5, 0.6) is 0 Å². The van der Waals surface area contributed by atoms with E-state index >= 15 is 0 Å². The van der Waals surface area contributed by atoms with Crippen LogP contribution in [-0.2, 0) is 6.61 Å². The highest BCUT2D eigenvalue weighted by atomic mass is 32.1. The number of thiophene rings is 1. The standard InChI is InChI=1S/C9H9NO2S/c1-6-3-13-4-7(6)9-8(2-11)10-5-12-9/h3-5,11H,2H2,1H3. The maximum absolute atomic E-state index is 8.98. The Labute approximate surface area is 79.7 Å². The van der Waals surface area contributed by atoms with Gasteiger partial charge in [-0.25, -0.2) is 4.98 Å². The van der Waals surface area contributed by atoms with Gasteiger partial charge in [-0.15, -0.1) is 0 Å². The van der Waals surface area contributed by atoms with Gasteiger partial charge in [-0.05, 0) is 17.9 Å². The van der Waals surface area contributed by atoms with Crippen molar-refractivity contribution in [3.8, 4) is 11.3 Å². The highest BCUT2D eigenvalue weighted by Crippen LogP contribution is 2.29. The Morgan fingerprint density at radius 3 is 3.00 bits per heavy atom. The second kappa shape index (κ2) is 3.32. The third-order valence-corrected chi connectivity index (χ3v) is 2.75. The molecule has 0 bridgehead atoms. The summed E-state index contributed by atoms with van der Waals surface area (Å²) in [5, 5.41) is 13.0. The Morgan fingerprint density at radius 2 is 2.38 bits per heavy atom. The number of nitrogens with zero attached hydrogens (tertiary/aromatic N) is 1. The zero-order valence-electron chi connectivity index (χ0n) is 7.15. The number of aliphatic hydroxyl groups is 1. The van der Waals surface area contributed by atoms with E-state index in [9.17, 15) is 0 Å². The molecule has 13 heavy (non-hydrogen) atoms. The SMILES string of the molecule is Cc1cscc1-c1ocnc1CO. The molecule has 0 fully saturated rings. The fraction of sp³-hybridized carbons (Fsp3) is 0.222. The fourth-order valence-electron chi connectivity index (χ4n) is 1.19. The molecule has 0 saturated heterocycles. The molecule has 2 aromatic heterocycles. The quantitative estimate of drug-likeness (QED) is 0.799. The normalized spacial score (nSPS) is 10.6. The monoisotopic (exact) mass is 195 g/mol. The Kier molecular flexibility index (Phi) is 2.16. The lowest BCUT2D eigenvalue weighted by atomic mass is 10.1. The van der Waals surface area contributed by atoms with E-state index in [1.54, 1.807) is 11.3 Å². The number of aromatic nitrogens is 1. The van der Waals surface area contributed by atoms with Gasteiger partial charge in [-0.3, -0.25) is 0 Å². The first kappa shape index (κ1) is 8.47. The van der Waals surface area contributed by atoms with Gasteiger partial charge in [0.05, 0.1) is 6.61 Å². The lowest BCUT2D eigenvalue weighted by molar-refractivity contribution is 0.277. The summed E-state index contributed by atoms with van der Waals surface area (Å²) in [4.78, 5) is 3.92. The van der Waals surface area contributed by atoms with Crippen LogP contribution in [0.15, 0.2) is 21.6 Å². The molecule has 1 N–H and O–H groups in total. The van der Waals surface area contributed by atoms with Crippen LogP contribution in [-0.4, -0.2) is 10.1 Å². The van der Waals surface area contributed by atoms with E-state index in [0.29, 0.717) is 11.5 Å². The first-order chi connectivity index (χ1) is 6.33. The first-order valence-electron chi connectivity index (χ1n) is 3.89. The van der Waals surface area contributed by atoms with Gasteiger partial charge < -0.3 is 9.52 Å². The Bertz CT molecular complexity index is 405. The third kappa shape index (κ3) is 1.38. The molecule has 4 heteroatoms. The van der Waals surface area contributed by atoms with Gasteiger partial charge in [0.1, 0.15) is 5.69 Å². The molecule has 2 aromatic rings. The molecule has 0 aromatic carbocycles. The average molecular weight is 195 g/mol. The third-order valence-electron chi connectivity index (χ3n) is 1.89. The van der Waals surface area contributed by atoms with Crippen molar-refractivity contribution >= 4 is 11.3 Å². The number of hydrogen-bond donors (Lipinski definition) is 1. The van der Waals surface area contributed by atoms with Crippen molar-refractivity contribution in [2.24, 2.45) is 0 Å². The zero-order chi connectivity index (χ0) is 9.26. The summed E-state index contributed by atoms with van der Waals surface area (Å²) in [5.74, 6) is 0.682. The van der Waals surface area contributed by atoms with Gasteiger partial charge >= 0.3 is 0 Å². The van der Waals surface area contributed by atoms with Gasteiger partial charge in [0.2, 0.25) is 0 Å². The molecule has 0 unspecified atom stereocenters. The summed E-state index contributed by atoms with van der Waals surface area (Å²) in [6, 6.07) is 0. The molecule has 0 spiro atoms. The molecule has 3 nitrogen and oxygen atoms in total. The lowest BCUT2D eigenvalue weighted by Gasteiger charge is -1.96. The molecule has 2 rings (SSSR count). The van der Waals surface area contributed by atoms with E-state index in [1.165, 1.54) is 6.39 Å². The summed E-state index contributed by atoms with van der Waals surface area (Å²) in [5.41, 5.74) is 2.77. The topological polar surface area (TPSA) is 46.3 Å². The van der Waals surface area contributed by atoms with E-state index in [1.807, 2.05) is 17.7 Å². The van der Waals surface area contributed by atoms with E-state index in [4.69, 9.17) is 9.52 Å². The van der Waals surface area contributed by atoms with Gasteiger partial charge in [0.25, 0.3) is 0 Å². The molecule has 2 heterocycles. The summed E-state index contributed by atoms with van der Waals surface area (Å²) < 4.78 is 5.22. The molecular formula is C9H9NO2S. The lowest BCUT2D eigenvalue weighted by Crippen LogP contribution is -1.86. The molecule has 0 aliphatic carbocycles. The molecular weight excluding hydrogens is 186 g/mol. The van der Waals surface area contributed by atoms with Gasteiger partial charge in [0.15, 0.2) is 12.2 Å². The Hall–Kier alpha value is -1.13. The number of aliphatic hydroxyl groups excluding tert-OH is 1. The van der Waals surface area contributed by atoms with Crippen molar-refractivity contribution in [3.63, 3.8) is 0 Å². The molecule has 0 atom stereocenters. The maximum Gasteiger partial charge on any atom is 0.181 e. The minimum atomic E-state index is -0.0822. The number of rotatable bonds is 2. The second-order valence-corrected chi connectivity index (χ2v) is 3.50. The Balaban J connectivity index is 2.52. The van der Waals surface area contributed by atoms with Crippen LogP contribution in [0, 0.1) is 6.92 Å². The molecule has 0 amide bonds. The van der Waals surface area contributed by atoms with Crippen LogP contribution in [0.2, 0.25) is 0 Å². The van der Waals surface area contributed by atoms with Crippen molar-refractivity contribution in [1.29, 1.82) is 0 Å². The van der Waals surface area contributed by atoms with Crippen LogP contribution < -0.4 is 0 Å². The van der Waals surface area contributed by atoms with E-state index < -0.39 is 0 Å². The van der Waals surface area contributed by atoms with Crippen molar-refractivity contribution in [3.05, 3.63) is 28.4 Å². The van der Waals surface area contributed by atoms with Gasteiger partial charge in [-0.1, -0.05) is 0 Å². The van der Waals surface area contributed by atoms with E-state index in [-0.39, 0.29) is 6.61 Å². The molecule has 0 aliphatic rings. The highest BCUT2D eigenvalue weighted by Gasteiger charge is 2.12. The smallest absolute Gasteiger partial charge is 0.181 e. The van der Waals surface area contributed by atoms with Crippen molar-refractivity contribution < 1.29 is 9.52 Å². The minimum Gasteiger partial charge on any atom is -0.443 e. The average Bonchev–Trinajstić information content (AvgIpc) is 2.71. The second-order valence-electron chi connectivity index (χ2n) is 2.75. The maximum atomic E-state index is 8.98. The van der Waals surface area contributed by atoms with Crippen molar-refractivity contribution in [1.82, 2.24) is 4.98 Å². The van der Waals surface area contributed by atoms with Gasteiger partial charge in [-0.2, -0.15) is 11.3 Å². The summed E-state index contributed by atoms with van der Waals surface area (Å²) in [6.45, 7) is 1.93.